The molecule has 0 unspecified atom stereocenters. The first kappa shape index (κ1) is 33.6. The molecule has 2 saturated heterocycles. The number of alkyl halides is 2. The summed E-state index contributed by atoms with van der Waals surface area (Å²) >= 11 is 0. The number of ether oxygens (including phenoxy) is 1. The van der Waals surface area contributed by atoms with Gasteiger partial charge in [-0.1, -0.05) is 0 Å². The van der Waals surface area contributed by atoms with E-state index in [2.05, 4.69) is 20.2 Å². The van der Waals surface area contributed by atoms with Crippen LogP contribution in [0.4, 0.5) is 14.6 Å². The van der Waals surface area contributed by atoms with Gasteiger partial charge in [0.15, 0.2) is 0 Å². The van der Waals surface area contributed by atoms with Gasteiger partial charge in [0.25, 0.3) is 17.7 Å². The zero-order chi connectivity index (χ0) is 33.8. The highest BCUT2D eigenvalue weighted by atomic mass is 19.3. The lowest BCUT2D eigenvalue weighted by atomic mass is 10.1. The minimum absolute atomic E-state index is 0.0113. The Kier molecular flexibility index (Phi) is 9.97. The van der Waals surface area contributed by atoms with Crippen molar-refractivity contribution < 1.29 is 27.9 Å². The molecule has 0 saturated carbocycles. The van der Waals surface area contributed by atoms with Gasteiger partial charge in [-0.05, 0) is 36.8 Å². The second-order valence-corrected chi connectivity index (χ2v) is 12.7. The number of amides is 3. The molecular formula is C33H39F2N8O4+. The summed E-state index contributed by atoms with van der Waals surface area (Å²) in [4.78, 5) is 52.2. The van der Waals surface area contributed by atoms with E-state index in [1.54, 1.807) is 30.5 Å². The monoisotopic (exact) mass is 649 g/mol. The highest BCUT2D eigenvalue weighted by molar-refractivity contribution is 6.07. The molecule has 2 aromatic heterocycles. The molecule has 1 aromatic carbocycles. The smallest absolute Gasteiger partial charge is 0.268 e. The summed E-state index contributed by atoms with van der Waals surface area (Å²) in [6.07, 6.45) is 3.16. The highest BCUT2D eigenvalue weighted by Crippen LogP contribution is 2.31. The van der Waals surface area contributed by atoms with Gasteiger partial charge in [0.2, 0.25) is 11.7 Å². The molecule has 1 atom stereocenters. The average Bonchev–Trinajstić information content (AvgIpc) is 3.39. The van der Waals surface area contributed by atoms with Crippen LogP contribution in [0, 0.1) is 11.3 Å². The van der Waals surface area contributed by atoms with Crippen molar-refractivity contribution in [3.05, 3.63) is 59.9 Å². The van der Waals surface area contributed by atoms with Gasteiger partial charge in [0.05, 0.1) is 63.6 Å². The number of hydrogen-bond acceptors (Lipinski definition) is 8. The summed E-state index contributed by atoms with van der Waals surface area (Å²) in [5, 5.41) is 12.2. The summed E-state index contributed by atoms with van der Waals surface area (Å²) in [5.74, 6) is -3.03. The Labute approximate surface area is 272 Å². The van der Waals surface area contributed by atoms with Gasteiger partial charge in [0, 0.05) is 63.0 Å². The van der Waals surface area contributed by atoms with E-state index in [0.717, 1.165) is 36.8 Å². The number of rotatable bonds is 10. The molecule has 12 nitrogen and oxygen atoms in total. The Bertz CT molecular complexity index is 1660. The molecule has 0 radical (unpaired) electrons. The van der Waals surface area contributed by atoms with Crippen molar-refractivity contribution in [3.8, 4) is 11.8 Å². The fraction of sp³-hybridized carbons (Fsp3) is 0.455. The third-order valence-corrected chi connectivity index (χ3v) is 8.33. The van der Waals surface area contributed by atoms with Crippen molar-refractivity contribution in [3.63, 3.8) is 0 Å². The number of benzene rings is 1. The Morgan fingerprint density at radius 1 is 1.09 bits per heavy atom. The van der Waals surface area contributed by atoms with Crippen LogP contribution in [-0.4, -0.2) is 128 Å². The first-order valence-corrected chi connectivity index (χ1v) is 15.5. The van der Waals surface area contributed by atoms with E-state index in [4.69, 9.17) is 10.00 Å². The average molecular weight is 650 g/mol. The molecule has 2 aliphatic heterocycles. The third kappa shape index (κ3) is 8.16. The van der Waals surface area contributed by atoms with Crippen LogP contribution in [0.3, 0.4) is 0 Å². The Morgan fingerprint density at radius 3 is 2.53 bits per heavy atom. The number of aromatic nitrogens is 2. The van der Waals surface area contributed by atoms with Gasteiger partial charge in [-0.25, -0.2) is 13.8 Å². The standard InChI is InChI=1S/C33H38F2N8O4/c1-43(2,3)29-8-5-23(20-38-29)32(46)41-14-12-40(13-15-41)11-4-16-47-25-6-7-28-27(17-25)26(9-10-37-28)31(45)39-21-30(44)42-22-33(34,35)18-24(42)19-36/h5-10,17,20,24H,4,11-16,18,21-22H2,1-3H3/p+1/t24-/m0/s1. The maximum atomic E-state index is 13.7. The van der Waals surface area contributed by atoms with Gasteiger partial charge in [0.1, 0.15) is 11.8 Å². The summed E-state index contributed by atoms with van der Waals surface area (Å²) in [6, 6.07) is 10.9. The molecule has 5 rings (SSSR count). The summed E-state index contributed by atoms with van der Waals surface area (Å²) in [6.45, 7) is 2.66. The summed E-state index contributed by atoms with van der Waals surface area (Å²) in [5.41, 5.74) is 1.39. The topological polar surface area (TPSA) is 132 Å². The molecule has 2 fully saturated rings. The lowest BCUT2D eigenvalue weighted by Gasteiger charge is -2.34. The lowest BCUT2D eigenvalue weighted by Crippen LogP contribution is -2.49. The number of piperazine rings is 1. The minimum atomic E-state index is -3.13. The number of carbonyl (C=O) groups excluding carboxylic acids is 3. The van der Waals surface area contributed by atoms with E-state index < -0.39 is 43.3 Å². The number of nitriles is 1. The molecule has 3 aromatic rings. The fourth-order valence-corrected chi connectivity index (χ4v) is 5.70. The first-order chi connectivity index (χ1) is 22.3. The van der Waals surface area contributed by atoms with Crippen molar-refractivity contribution in [1.82, 2.24) is 34.5 Å². The van der Waals surface area contributed by atoms with Gasteiger partial charge in [-0.3, -0.25) is 28.8 Å². The maximum Gasteiger partial charge on any atom is 0.268 e. The van der Waals surface area contributed by atoms with Crippen LogP contribution in [0.1, 0.15) is 33.6 Å². The van der Waals surface area contributed by atoms with E-state index >= 15 is 0 Å². The highest BCUT2D eigenvalue weighted by Gasteiger charge is 2.47. The van der Waals surface area contributed by atoms with Crippen LogP contribution in [0.25, 0.3) is 10.9 Å². The van der Waals surface area contributed by atoms with E-state index in [1.807, 2.05) is 38.2 Å². The second-order valence-electron chi connectivity index (χ2n) is 12.7. The van der Waals surface area contributed by atoms with Crippen LogP contribution in [0.5, 0.6) is 5.75 Å². The molecule has 47 heavy (non-hydrogen) atoms. The Morgan fingerprint density at radius 2 is 1.85 bits per heavy atom. The fourth-order valence-electron chi connectivity index (χ4n) is 5.70. The number of likely N-dealkylation sites (tertiary alicyclic amines) is 1. The number of pyridine rings is 2. The number of hydrogen-bond donors (Lipinski definition) is 1. The van der Waals surface area contributed by atoms with Crippen molar-refractivity contribution in [2.75, 3.05) is 73.6 Å². The van der Waals surface area contributed by atoms with Crippen molar-refractivity contribution in [1.29, 1.82) is 5.26 Å². The number of quaternary nitrogens is 1. The number of halogens is 2. The van der Waals surface area contributed by atoms with Crippen LogP contribution < -0.4 is 14.5 Å². The van der Waals surface area contributed by atoms with Crippen LogP contribution in [-0.2, 0) is 4.79 Å². The molecule has 1 N–H and O–H groups in total. The molecule has 14 heteroatoms. The zero-order valence-electron chi connectivity index (χ0n) is 26.8. The largest absolute Gasteiger partial charge is 0.494 e. The molecule has 0 spiro atoms. The molecule has 4 heterocycles. The normalized spacial score (nSPS) is 18.2. The predicted molar refractivity (Wildman–Crippen MR) is 171 cm³/mol. The quantitative estimate of drug-likeness (QED) is 0.262. The van der Waals surface area contributed by atoms with E-state index in [1.165, 1.54) is 12.3 Å². The maximum absolute atomic E-state index is 13.7. The van der Waals surface area contributed by atoms with E-state index in [-0.39, 0.29) is 11.5 Å². The van der Waals surface area contributed by atoms with Gasteiger partial charge in [-0.2, -0.15) is 5.26 Å². The molecule has 2 aliphatic rings. The molecular weight excluding hydrogens is 610 g/mol. The molecule has 248 valence electrons. The van der Waals surface area contributed by atoms with Crippen molar-refractivity contribution >= 4 is 34.4 Å². The number of nitrogens with one attached hydrogen (secondary N) is 1. The molecule has 0 aliphatic carbocycles. The molecule has 0 bridgehead atoms. The number of fused-ring (bicyclic) bond motifs is 1. The lowest BCUT2D eigenvalue weighted by molar-refractivity contribution is -0.131. The van der Waals surface area contributed by atoms with Gasteiger partial charge < -0.3 is 19.9 Å². The van der Waals surface area contributed by atoms with Crippen molar-refractivity contribution in [2.24, 2.45) is 0 Å². The van der Waals surface area contributed by atoms with Gasteiger partial charge >= 0.3 is 0 Å². The Balaban J connectivity index is 1.08. The third-order valence-electron chi connectivity index (χ3n) is 8.33. The molecule has 3 amide bonds. The van der Waals surface area contributed by atoms with Crippen molar-refractivity contribution in [2.45, 2.75) is 24.8 Å². The SMILES string of the molecule is C[N+](C)(C)c1ccc(C(=O)N2CCN(CCCOc3ccc4nccc(C(=O)NCC(=O)N5CC(F)(F)C[C@H]5C#N)c4c3)CC2)cn1. The number of nitrogens with zero attached hydrogens (tertiary/aromatic N) is 7. The minimum Gasteiger partial charge on any atom is -0.494 e. The second kappa shape index (κ2) is 13.9. The predicted octanol–water partition coefficient (Wildman–Crippen LogP) is 2.54. The summed E-state index contributed by atoms with van der Waals surface area (Å²) in [7, 11) is 6.08. The van der Waals surface area contributed by atoms with Crippen LogP contribution in [0.15, 0.2) is 48.8 Å². The summed E-state index contributed by atoms with van der Waals surface area (Å²) < 4.78 is 34.0. The van der Waals surface area contributed by atoms with Gasteiger partial charge in [-0.15, -0.1) is 0 Å². The van der Waals surface area contributed by atoms with E-state index in [9.17, 15) is 23.2 Å². The first-order valence-electron chi connectivity index (χ1n) is 15.5. The number of carbonyl (C=O) groups is 3. The Hall–Kier alpha value is -4.74. The zero-order valence-corrected chi connectivity index (χ0v) is 26.8. The van der Waals surface area contributed by atoms with E-state index in [0.29, 0.717) is 46.4 Å². The van der Waals surface area contributed by atoms with Crippen LogP contribution >= 0.6 is 0 Å². The van der Waals surface area contributed by atoms with Crippen LogP contribution in [0.2, 0.25) is 0 Å².